The van der Waals surface area contributed by atoms with Crippen molar-refractivity contribution < 1.29 is 14.3 Å². The number of rotatable bonds is 1. The van der Waals surface area contributed by atoms with E-state index in [4.69, 9.17) is 4.42 Å². The summed E-state index contributed by atoms with van der Waals surface area (Å²) in [6.45, 7) is 1.72. The number of hydrogen-bond acceptors (Lipinski definition) is 3. The molecule has 0 aliphatic heterocycles. The molecule has 66 valence electrons. The summed E-state index contributed by atoms with van der Waals surface area (Å²) < 4.78 is 5.15. The molecule has 0 saturated heterocycles. The van der Waals surface area contributed by atoms with E-state index in [2.05, 4.69) is 0 Å². The van der Waals surface area contributed by atoms with Crippen LogP contribution in [-0.2, 0) is 0 Å². The molecule has 0 bridgehead atoms. The topological polar surface area (TPSA) is 50.4 Å². The van der Waals surface area contributed by atoms with Gasteiger partial charge < -0.3 is 9.52 Å². The smallest absolute Gasteiger partial charge is 0.153 e. The first-order chi connectivity index (χ1) is 6.24. The number of phenols is 1. The first-order valence-corrected chi connectivity index (χ1v) is 3.89. The number of benzene rings is 1. The van der Waals surface area contributed by atoms with Gasteiger partial charge >= 0.3 is 0 Å². The Morgan fingerprint density at radius 3 is 3.00 bits per heavy atom. The molecule has 0 radical (unpaired) electrons. The molecule has 3 heteroatoms. The van der Waals surface area contributed by atoms with Crippen LogP contribution in [0.3, 0.4) is 0 Å². The van der Waals surface area contributed by atoms with Crippen LogP contribution in [0.5, 0.6) is 5.75 Å². The van der Waals surface area contributed by atoms with Gasteiger partial charge in [0.15, 0.2) is 6.29 Å². The molecular weight excluding hydrogens is 168 g/mol. The lowest BCUT2D eigenvalue weighted by Crippen LogP contribution is -1.85. The molecule has 0 atom stereocenters. The number of hydrogen-bond donors (Lipinski definition) is 1. The van der Waals surface area contributed by atoms with Crippen molar-refractivity contribution in [3.63, 3.8) is 0 Å². The molecule has 0 saturated carbocycles. The predicted molar refractivity (Wildman–Crippen MR) is 48.0 cm³/mol. The Labute approximate surface area is 74.6 Å². The lowest BCUT2D eigenvalue weighted by Gasteiger charge is -2.01. The van der Waals surface area contributed by atoms with Crippen molar-refractivity contribution in [2.24, 2.45) is 0 Å². The summed E-state index contributed by atoms with van der Waals surface area (Å²) in [6.07, 6.45) is 2.17. The van der Waals surface area contributed by atoms with Crippen LogP contribution in [0.2, 0.25) is 0 Å². The molecule has 0 spiro atoms. The second kappa shape index (κ2) is 2.62. The molecule has 0 aliphatic carbocycles. The molecular formula is C10H8O3. The highest BCUT2D eigenvalue weighted by atomic mass is 16.3. The van der Waals surface area contributed by atoms with Crippen molar-refractivity contribution in [3.8, 4) is 5.75 Å². The predicted octanol–water partition coefficient (Wildman–Crippen LogP) is 2.26. The van der Waals surface area contributed by atoms with Gasteiger partial charge in [-0.3, -0.25) is 4.79 Å². The second-order valence-corrected chi connectivity index (χ2v) is 2.90. The van der Waals surface area contributed by atoms with Crippen molar-refractivity contribution in [1.29, 1.82) is 0 Å². The number of carbonyl (C=O) groups excluding carboxylic acids is 1. The fourth-order valence-electron chi connectivity index (χ4n) is 1.39. The van der Waals surface area contributed by atoms with Gasteiger partial charge in [-0.2, -0.15) is 0 Å². The van der Waals surface area contributed by atoms with Crippen LogP contribution in [0.1, 0.15) is 15.9 Å². The summed E-state index contributed by atoms with van der Waals surface area (Å²) in [7, 11) is 0. The SMILES string of the molecule is Cc1c(O)c(C=O)cc2ccoc12. The Morgan fingerprint density at radius 1 is 1.54 bits per heavy atom. The maximum absolute atomic E-state index is 10.6. The zero-order valence-corrected chi connectivity index (χ0v) is 7.07. The lowest BCUT2D eigenvalue weighted by molar-refractivity contribution is 0.112. The highest BCUT2D eigenvalue weighted by Gasteiger charge is 2.10. The third-order valence-electron chi connectivity index (χ3n) is 2.10. The van der Waals surface area contributed by atoms with Crippen molar-refractivity contribution in [3.05, 3.63) is 29.5 Å². The Balaban J connectivity index is 2.91. The minimum absolute atomic E-state index is 0.00236. The van der Waals surface area contributed by atoms with Crippen LogP contribution >= 0.6 is 0 Å². The van der Waals surface area contributed by atoms with Gasteiger partial charge in [-0.25, -0.2) is 0 Å². The summed E-state index contributed by atoms with van der Waals surface area (Å²) >= 11 is 0. The van der Waals surface area contributed by atoms with Gasteiger partial charge in [0.05, 0.1) is 11.8 Å². The number of carbonyl (C=O) groups is 1. The minimum Gasteiger partial charge on any atom is -0.507 e. The average Bonchev–Trinajstić information content (AvgIpc) is 2.59. The molecule has 1 heterocycles. The summed E-state index contributed by atoms with van der Waals surface area (Å²) in [6, 6.07) is 3.36. The van der Waals surface area contributed by atoms with Crippen molar-refractivity contribution in [1.82, 2.24) is 0 Å². The minimum atomic E-state index is -0.00236. The quantitative estimate of drug-likeness (QED) is 0.678. The third-order valence-corrected chi connectivity index (χ3v) is 2.10. The van der Waals surface area contributed by atoms with E-state index < -0.39 is 0 Å². The maximum Gasteiger partial charge on any atom is 0.153 e. The van der Waals surface area contributed by atoms with E-state index >= 15 is 0 Å². The highest BCUT2D eigenvalue weighted by molar-refractivity contribution is 5.92. The molecule has 2 aromatic rings. The molecule has 1 aromatic carbocycles. The monoisotopic (exact) mass is 176 g/mol. The van der Waals surface area contributed by atoms with E-state index in [1.54, 1.807) is 19.1 Å². The number of fused-ring (bicyclic) bond motifs is 1. The lowest BCUT2D eigenvalue weighted by atomic mass is 10.1. The molecule has 3 nitrogen and oxygen atoms in total. The van der Waals surface area contributed by atoms with Crippen LogP contribution in [-0.4, -0.2) is 11.4 Å². The normalized spacial score (nSPS) is 10.5. The fourth-order valence-corrected chi connectivity index (χ4v) is 1.39. The summed E-state index contributed by atoms with van der Waals surface area (Å²) in [4.78, 5) is 10.6. The van der Waals surface area contributed by atoms with E-state index in [-0.39, 0.29) is 5.75 Å². The summed E-state index contributed by atoms with van der Waals surface area (Å²) in [5.74, 6) is -0.00236. The number of phenolic OH excluding ortho intramolecular Hbond substituents is 1. The molecule has 0 fully saturated rings. The molecule has 0 unspecified atom stereocenters. The van der Waals surface area contributed by atoms with Crippen molar-refractivity contribution >= 4 is 17.3 Å². The van der Waals surface area contributed by atoms with Gasteiger partial charge in [-0.1, -0.05) is 0 Å². The first kappa shape index (κ1) is 7.86. The van der Waals surface area contributed by atoms with Gasteiger partial charge in [-0.15, -0.1) is 0 Å². The van der Waals surface area contributed by atoms with Crippen LogP contribution in [0.25, 0.3) is 11.0 Å². The Hall–Kier alpha value is -1.77. The van der Waals surface area contributed by atoms with Crippen molar-refractivity contribution in [2.75, 3.05) is 0 Å². The molecule has 1 aromatic heterocycles. The fraction of sp³-hybridized carbons (Fsp3) is 0.100. The maximum atomic E-state index is 10.6. The Morgan fingerprint density at radius 2 is 2.31 bits per heavy atom. The standard InChI is InChI=1S/C10H8O3/c1-6-9(12)8(5-11)4-7-2-3-13-10(6)7/h2-5,12H,1H3. The number of furan rings is 1. The van der Waals surface area contributed by atoms with E-state index in [1.165, 1.54) is 6.26 Å². The van der Waals surface area contributed by atoms with E-state index in [0.29, 0.717) is 23.0 Å². The Kier molecular flexibility index (Phi) is 1.59. The van der Waals surface area contributed by atoms with Gasteiger partial charge in [0.2, 0.25) is 0 Å². The largest absolute Gasteiger partial charge is 0.507 e. The van der Waals surface area contributed by atoms with Crippen LogP contribution < -0.4 is 0 Å². The molecule has 13 heavy (non-hydrogen) atoms. The van der Waals surface area contributed by atoms with E-state index in [1.807, 2.05) is 0 Å². The van der Waals surface area contributed by atoms with Gasteiger partial charge in [0, 0.05) is 10.9 Å². The highest BCUT2D eigenvalue weighted by Crippen LogP contribution is 2.29. The molecule has 0 aliphatic rings. The second-order valence-electron chi connectivity index (χ2n) is 2.90. The zero-order chi connectivity index (χ0) is 9.42. The van der Waals surface area contributed by atoms with Gasteiger partial charge in [0.1, 0.15) is 11.3 Å². The van der Waals surface area contributed by atoms with Crippen LogP contribution in [0, 0.1) is 6.92 Å². The summed E-state index contributed by atoms with van der Waals surface area (Å²) in [5, 5.41) is 10.4. The van der Waals surface area contributed by atoms with Gasteiger partial charge in [0.25, 0.3) is 0 Å². The van der Waals surface area contributed by atoms with Crippen LogP contribution in [0.15, 0.2) is 22.8 Å². The number of aryl methyl sites for hydroxylation is 1. The zero-order valence-electron chi connectivity index (χ0n) is 7.07. The van der Waals surface area contributed by atoms with E-state index in [0.717, 1.165) is 5.39 Å². The molecule has 2 rings (SSSR count). The third kappa shape index (κ3) is 1.01. The average molecular weight is 176 g/mol. The Bertz CT molecular complexity index is 468. The number of aldehydes is 1. The number of aromatic hydroxyl groups is 1. The first-order valence-electron chi connectivity index (χ1n) is 3.89. The van der Waals surface area contributed by atoms with E-state index in [9.17, 15) is 9.90 Å². The van der Waals surface area contributed by atoms with Crippen molar-refractivity contribution in [2.45, 2.75) is 6.92 Å². The van der Waals surface area contributed by atoms with Crippen LogP contribution in [0.4, 0.5) is 0 Å². The molecule has 0 amide bonds. The molecule has 1 N–H and O–H groups in total. The van der Waals surface area contributed by atoms with Gasteiger partial charge in [-0.05, 0) is 19.1 Å². The summed E-state index contributed by atoms with van der Waals surface area (Å²) in [5.41, 5.74) is 1.53.